The number of para-hydroxylation sites is 2. The maximum atomic E-state index is 11.9. The van der Waals surface area contributed by atoms with Crippen LogP contribution in [0.25, 0.3) is 0 Å². The summed E-state index contributed by atoms with van der Waals surface area (Å²) in [5.41, 5.74) is 1.76. The number of carbonyl (C=O) groups is 1. The maximum Gasteiger partial charge on any atom is 0.340 e. The molecule has 21 heavy (non-hydrogen) atoms. The van der Waals surface area contributed by atoms with Gasteiger partial charge in [0, 0.05) is 17.8 Å². The van der Waals surface area contributed by atoms with Crippen LogP contribution in [-0.4, -0.2) is 17.7 Å². The Morgan fingerprint density at radius 1 is 1.24 bits per heavy atom. The highest BCUT2D eigenvalue weighted by Gasteiger charge is 2.12. The van der Waals surface area contributed by atoms with Crippen molar-refractivity contribution in [3.8, 4) is 5.75 Å². The van der Waals surface area contributed by atoms with Crippen LogP contribution in [-0.2, 0) is 11.3 Å². The zero-order valence-electron chi connectivity index (χ0n) is 11.6. The molecule has 110 valence electrons. The second kappa shape index (κ2) is 6.99. The number of hydrogen-bond acceptors (Lipinski definition) is 4. The van der Waals surface area contributed by atoms with Crippen molar-refractivity contribution in [1.29, 1.82) is 0 Å². The molecule has 0 bridgehead atoms. The third kappa shape index (κ3) is 3.67. The van der Waals surface area contributed by atoms with Crippen molar-refractivity contribution in [2.75, 3.05) is 11.9 Å². The molecular weight excluding hydrogens is 290 g/mol. The maximum absolute atomic E-state index is 11.9. The highest BCUT2D eigenvalue weighted by molar-refractivity contribution is 6.32. The molecule has 5 heteroatoms. The molecule has 0 atom stereocenters. The van der Waals surface area contributed by atoms with E-state index in [1.54, 1.807) is 43.3 Å². The molecule has 0 aromatic heterocycles. The zero-order chi connectivity index (χ0) is 15.2. The number of nitrogens with one attached hydrogen (secondary N) is 1. The Balaban J connectivity index is 2.17. The van der Waals surface area contributed by atoms with E-state index in [2.05, 4.69) is 5.32 Å². The number of benzene rings is 2. The topological polar surface area (TPSA) is 58.6 Å². The number of hydrogen-bond donors (Lipinski definition) is 2. The van der Waals surface area contributed by atoms with Gasteiger partial charge in [0.15, 0.2) is 0 Å². The predicted molar refractivity (Wildman–Crippen MR) is 82.8 cm³/mol. The van der Waals surface area contributed by atoms with Crippen molar-refractivity contribution >= 4 is 23.3 Å². The first-order valence-corrected chi connectivity index (χ1v) is 6.97. The minimum Gasteiger partial charge on any atom is -0.506 e. The first-order chi connectivity index (χ1) is 10.1. The van der Waals surface area contributed by atoms with Crippen LogP contribution in [0, 0.1) is 0 Å². The summed E-state index contributed by atoms with van der Waals surface area (Å²) in [6, 6.07) is 12.2. The van der Waals surface area contributed by atoms with E-state index in [0.29, 0.717) is 35.0 Å². The molecule has 0 fully saturated rings. The first-order valence-electron chi connectivity index (χ1n) is 6.60. The van der Waals surface area contributed by atoms with E-state index in [4.69, 9.17) is 16.3 Å². The van der Waals surface area contributed by atoms with Gasteiger partial charge in [0.25, 0.3) is 0 Å². The van der Waals surface area contributed by atoms with Gasteiger partial charge in [-0.2, -0.15) is 0 Å². The summed E-state index contributed by atoms with van der Waals surface area (Å²) in [7, 11) is 0. The number of esters is 1. The summed E-state index contributed by atoms with van der Waals surface area (Å²) >= 11 is 5.87. The standard InChI is InChI=1S/C16H16ClNO3/c1-2-21-16(20)12-7-3-4-9-14(12)18-10-11-6-5-8-13(17)15(11)19/h3-9,18-19H,2,10H2,1H3. The second-order valence-corrected chi connectivity index (χ2v) is 4.77. The molecule has 0 unspecified atom stereocenters. The first kappa shape index (κ1) is 15.2. The molecule has 2 aromatic carbocycles. The summed E-state index contributed by atoms with van der Waals surface area (Å²) in [5, 5.41) is 13.3. The number of ether oxygens (including phenoxy) is 1. The number of aromatic hydroxyl groups is 1. The lowest BCUT2D eigenvalue weighted by Gasteiger charge is -2.12. The Kier molecular flexibility index (Phi) is 5.06. The number of rotatable bonds is 5. The Bertz CT molecular complexity index is 643. The van der Waals surface area contributed by atoms with E-state index < -0.39 is 0 Å². The Morgan fingerprint density at radius 2 is 2.00 bits per heavy atom. The molecule has 2 rings (SSSR count). The van der Waals surface area contributed by atoms with E-state index in [1.807, 2.05) is 6.07 Å². The van der Waals surface area contributed by atoms with Gasteiger partial charge in [-0.1, -0.05) is 35.9 Å². The second-order valence-electron chi connectivity index (χ2n) is 4.37. The largest absolute Gasteiger partial charge is 0.506 e. The van der Waals surface area contributed by atoms with E-state index >= 15 is 0 Å². The number of anilines is 1. The quantitative estimate of drug-likeness (QED) is 0.824. The zero-order valence-corrected chi connectivity index (χ0v) is 12.4. The minimum absolute atomic E-state index is 0.0419. The van der Waals surface area contributed by atoms with Crippen LogP contribution in [0.15, 0.2) is 42.5 Å². The highest BCUT2D eigenvalue weighted by atomic mass is 35.5. The monoisotopic (exact) mass is 305 g/mol. The average Bonchev–Trinajstić information content (AvgIpc) is 2.49. The third-order valence-electron chi connectivity index (χ3n) is 2.96. The van der Waals surface area contributed by atoms with E-state index in [-0.39, 0.29) is 11.7 Å². The van der Waals surface area contributed by atoms with Crippen molar-refractivity contribution in [3.63, 3.8) is 0 Å². The fourth-order valence-electron chi connectivity index (χ4n) is 1.92. The van der Waals surface area contributed by atoms with Gasteiger partial charge in [-0.25, -0.2) is 4.79 Å². The number of phenolic OH excluding ortho intramolecular Hbond substituents is 1. The molecule has 4 nitrogen and oxygen atoms in total. The lowest BCUT2D eigenvalue weighted by atomic mass is 10.1. The SMILES string of the molecule is CCOC(=O)c1ccccc1NCc1cccc(Cl)c1O. The van der Waals surface area contributed by atoms with Crippen molar-refractivity contribution in [2.24, 2.45) is 0 Å². The van der Waals surface area contributed by atoms with Crippen molar-refractivity contribution < 1.29 is 14.6 Å². The lowest BCUT2D eigenvalue weighted by Crippen LogP contribution is -2.09. The normalized spacial score (nSPS) is 10.2. The molecular formula is C16H16ClNO3. The van der Waals surface area contributed by atoms with Gasteiger partial charge >= 0.3 is 5.97 Å². The summed E-state index contributed by atoms with van der Waals surface area (Å²) in [6.07, 6.45) is 0. The van der Waals surface area contributed by atoms with Gasteiger partial charge in [0.1, 0.15) is 5.75 Å². The third-order valence-corrected chi connectivity index (χ3v) is 3.27. The molecule has 0 heterocycles. The van der Waals surface area contributed by atoms with Crippen molar-refractivity contribution in [3.05, 3.63) is 58.6 Å². The van der Waals surface area contributed by atoms with Crippen LogP contribution in [0.3, 0.4) is 0 Å². The average molecular weight is 306 g/mol. The van der Waals surface area contributed by atoms with Crippen LogP contribution >= 0.6 is 11.6 Å². The number of phenols is 1. The highest BCUT2D eigenvalue weighted by Crippen LogP contribution is 2.28. The van der Waals surface area contributed by atoms with Crippen molar-refractivity contribution in [1.82, 2.24) is 0 Å². The molecule has 0 saturated heterocycles. The molecule has 0 radical (unpaired) electrons. The van der Waals surface area contributed by atoms with Crippen LogP contribution in [0.1, 0.15) is 22.8 Å². The van der Waals surface area contributed by atoms with Crippen LogP contribution in [0.5, 0.6) is 5.75 Å². The molecule has 0 amide bonds. The van der Waals surface area contributed by atoms with Gasteiger partial charge in [0.05, 0.1) is 17.2 Å². The van der Waals surface area contributed by atoms with E-state index in [9.17, 15) is 9.90 Å². The van der Waals surface area contributed by atoms with Gasteiger partial charge in [-0.15, -0.1) is 0 Å². The van der Waals surface area contributed by atoms with E-state index in [1.165, 1.54) is 0 Å². The summed E-state index contributed by atoms with van der Waals surface area (Å²) < 4.78 is 5.01. The fraction of sp³-hybridized carbons (Fsp3) is 0.188. The van der Waals surface area contributed by atoms with Gasteiger partial charge in [-0.05, 0) is 25.1 Å². The lowest BCUT2D eigenvalue weighted by molar-refractivity contribution is 0.0527. The Morgan fingerprint density at radius 3 is 2.76 bits per heavy atom. The van der Waals surface area contributed by atoms with E-state index in [0.717, 1.165) is 0 Å². The molecule has 2 N–H and O–H groups in total. The Labute approximate surface area is 128 Å². The Hall–Kier alpha value is -2.20. The molecule has 0 aliphatic rings. The number of halogens is 1. The van der Waals surface area contributed by atoms with Gasteiger partial charge in [-0.3, -0.25) is 0 Å². The van der Waals surface area contributed by atoms with Crippen LogP contribution in [0.2, 0.25) is 5.02 Å². The molecule has 2 aromatic rings. The van der Waals surface area contributed by atoms with Gasteiger partial charge in [0.2, 0.25) is 0 Å². The minimum atomic E-state index is -0.379. The predicted octanol–water partition coefficient (Wildman–Crippen LogP) is 3.83. The number of carbonyl (C=O) groups excluding carboxylic acids is 1. The van der Waals surface area contributed by atoms with Gasteiger partial charge < -0.3 is 15.2 Å². The summed E-state index contributed by atoms with van der Waals surface area (Å²) in [5.74, 6) is -0.337. The van der Waals surface area contributed by atoms with Crippen molar-refractivity contribution in [2.45, 2.75) is 13.5 Å². The van der Waals surface area contributed by atoms with Crippen LogP contribution < -0.4 is 5.32 Å². The fourth-order valence-corrected chi connectivity index (χ4v) is 2.11. The molecule has 0 aliphatic carbocycles. The summed E-state index contributed by atoms with van der Waals surface area (Å²) in [4.78, 5) is 11.9. The molecule has 0 saturated carbocycles. The molecule has 0 aliphatic heterocycles. The smallest absolute Gasteiger partial charge is 0.340 e. The molecule has 0 spiro atoms. The van der Waals surface area contributed by atoms with Crippen LogP contribution in [0.4, 0.5) is 5.69 Å². The summed E-state index contributed by atoms with van der Waals surface area (Å²) in [6.45, 7) is 2.43.